The second-order valence-electron chi connectivity index (χ2n) is 5.07. The Morgan fingerprint density at radius 1 is 1.09 bits per heavy atom. The molecule has 23 heavy (non-hydrogen) atoms. The van der Waals surface area contributed by atoms with Gasteiger partial charge >= 0.3 is 0 Å². The van der Waals surface area contributed by atoms with Crippen LogP contribution >= 0.6 is 0 Å². The van der Waals surface area contributed by atoms with Gasteiger partial charge in [0.05, 0.1) is 12.8 Å². The molecule has 0 aliphatic carbocycles. The van der Waals surface area contributed by atoms with E-state index >= 15 is 0 Å². The van der Waals surface area contributed by atoms with Gasteiger partial charge in [0, 0.05) is 23.5 Å². The molecule has 1 heterocycles. The van der Waals surface area contributed by atoms with Crippen LogP contribution < -0.4 is 16.0 Å². The Hall–Kier alpha value is -3.08. The maximum absolute atomic E-state index is 13.1. The Labute approximate surface area is 132 Å². The van der Waals surface area contributed by atoms with Gasteiger partial charge in [-0.25, -0.2) is 4.39 Å². The predicted octanol–water partition coefficient (Wildman–Crippen LogP) is 3.23. The molecule has 0 unspecified atom stereocenters. The Kier molecular flexibility index (Phi) is 3.85. The molecule has 0 radical (unpaired) electrons. The third-order valence-corrected chi connectivity index (χ3v) is 3.54. The Balaban J connectivity index is 2.21. The summed E-state index contributed by atoms with van der Waals surface area (Å²) in [6, 6.07) is 14.4. The van der Waals surface area contributed by atoms with E-state index in [-0.39, 0.29) is 11.4 Å². The van der Waals surface area contributed by atoms with Gasteiger partial charge < -0.3 is 10.5 Å². The second kappa shape index (κ2) is 5.96. The molecule has 5 heteroatoms. The van der Waals surface area contributed by atoms with E-state index in [0.717, 1.165) is 5.56 Å². The smallest absolute Gasteiger partial charge is 0.258 e. The molecule has 0 saturated carbocycles. The maximum atomic E-state index is 13.1. The third-order valence-electron chi connectivity index (χ3n) is 3.54. The fourth-order valence-electron chi connectivity index (χ4n) is 2.41. The lowest BCUT2D eigenvalue weighted by atomic mass is 10.1. The highest BCUT2D eigenvalue weighted by molar-refractivity contribution is 5.70. The normalized spacial score (nSPS) is 10.5. The van der Waals surface area contributed by atoms with E-state index in [0.29, 0.717) is 22.7 Å². The molecule has 0 aliphatic rings. The van der Waals surface area contributed by atoms with E-state index < -0.39 is 0 Å². The van der Waals surface area contributed by atoms with Crippen molar-refractivity contribution in [3.63, 3.8) is 0 Å². The zero-order valence-corrected chi connectivity index (χ0v) is 12.5. The van der Waals surface area contributed by atoms with Crippen LogP contribution in [0, 0.1) is 5.82 Å². The van der Waals surface area contributed by atoms with Crippen LogP contribution in [0.2, 0.25) is 0 Å². The first-order chi connectivity index (χ1) is 11.1. The Morgan fingerprint density at radius 3 is 2.48 bits per heavy atom. The lowest BCUT2D eigenvalue weighted by Gasteiger charge is -2.13. The van der Waals surface area contributed by atoms with Crippen molar-refractivity contribution in [3.8, 4) is 22.6 Å². The number of hydrogen-bond acceptors (Lipinski definition) is 3. The molecule has 0 saturated heterocycles. The van der Waals surface area contributed by atoms with Gasteiger partial charge in [-0.15, -0.1) is 0 Å². The Morgan fingerprint density at radius 2 is 1.83 bits per heavy atom. The van der Waals surface area contributed by atoms with Crippen molar-refractivity contribution in [1.82, 2.24) is 4.57 Å². The molecule has 0 fully saturated rings. The van der Waals surface area contributed by atoms with Crippen LogP contribution in [0.15, 0.2) is 65.6 Å². The van der Waals surface area contributed by atoms with E-state index in [1.807, 2.05) is 0 Å². The van der Waals surface area contributed by atoms with Gasteiger partial charge in [0.2, 0.25) is 0 Å². The number of halogens is 1. The Bertz CT molecular complexity index is 902. The maximum Gasteiger partial charge on any atom is 0.258 e. The van der Waals surface area contributed by atoms with Crippen molar-refractivity contribution in [3.05, 3.63) is 77.0 Å². The number of ether oxygens (including phenoxy) is 1. The largest absolute Gasteiger partial charge is 0.496 e. The zero-order chi connectivity index (χ0) is 16.4. The second-order valence-corrected chi connectivity index (χ2v) is 5.07. The summed E-state index contributed by atoms with van der Waals surface area (Å²) >= 11 is 0. The third kappa shape index (κ3) is 2.94. The molecule has 0 aliphatic heterocycles. The number of rotatable bonds is 3. The number of nitrogen functional groups attached to an aromatic ring is 1. The number of anilines is 1. The molecule has 116 valence electrons. The van der Waals surface area contributed by atoms with Crippen molar-refractivity contribution in [2.24, 2.45) is 0 Å². The fourth-order valence-corrected chi connectivity index (χ4v) is 2.41. The van der Waals surface area contributed by atoms with Crippen molar-refractivity contribution < 1.29 is 9.13 Å². The number of aromatic nitrogens is 1. The molecule has 3 rings (SSSR count). The van der Waals surface area contributed by atoms with Crippen molar-refractivity contribution >= 4 is 5.69 Å². The topological polar surface area (TPSA) is 57.2 Å². The highest BCUT2D eigenvalue weighted by Gasteiger charge is 2.11. The van der Waals surface area contributed by atoms with Crippen molar-refractivity contribution in [2.45, 2.75) is 0 Å². The molecule has 0 atom stereocenters. The molecule has 4 nitrogen and oxygen atoms in total. The molecule has 3 aromatic rings. The summed E-state index contributed by atoms with van der Waals surface area (Å²) < 4.78 is 19.9. The summed E-state index contributed by atoms with van der Waals surface area (Å²) in [5.74, 6) is 0.110. The minimum absolute atomic E-state index is 0.238. The standard InChI is InChI=1S/C18H15FN2O2/c1-23-17-10-18(22)21(15-4-2-3-14(20)9-15)11-16(17)12-5-7-13(19)8-6-12/h2-11H,20H2,1H3. The van der Waals surface area contributed by atoms with Gasteiger partial charge in [0.25, 0.3) is 5.56 Å². The average molecular weight is 310 g/mol. The quantitative estimate of drug-likeness (QED) is 0.756. The van der Waals surface area contributed by atoms with Gasteiger partial charge in [0.15, 0.2) is 0 Å². The number of hydrogen-bond donors (Lipinski definition) is 1. The molecule has 1 aromatic heterocycles. The monoisotopic (exact) mass is 310 g/mol. The summed E-state index contributed by atoms with van der Waals surface area (Å²) in [6.45, 7) is 0. The molecule has 0 bridgehead atoms. The molecular weight excluding hydrogens is 295 g/mol. The van der Waals surface area contributed by atoms with E-state index in [1.54, 1.807) is 42.6 Å². The first-order valence-corrected chi connectivity index (χ1v) is 7.01. The lowest BCUT2D eigenvalue weighted by molar-refractivity contribution is 0.415. The first-order valence-electron chi connectivity index (χ1n) is 7.01. The summed E-state index contributed by atoms with van der Waals surface area (Å²) in [5, 5.41) is 0. The van der Waals surface area contributed by atoms with Crippen LogP contribution in [0.5, 0.6) is 5.75 Å². The van der Waals surface area contributed by atoms with Crippen LogP contribution in [0.4, 0.5) is 10.1 Å². The van der Waals surface area contributed by atoms with Crippen LogP contribution in [0.3, 0.4) is 0 Å². The zero-order valence-electron chi connectivity index (χ0n) is 12.5. The van der Waals surface area contributed by atoms with E-state index in [9.17, 15) is 9.18 Å². The van der Waals surface area contributed by atoms with Crippen LogP contribution in [-0.4, -0.2) is 11.7 Å². The van der Waals surface area contributed by atoms with Gasteiger partial charge in [-0.2, -0.15) is 0 Å². The molecule has 0 spiro atoms. The molecule has 2 aromatic carbocycles. The lowest BCUT2D eigenvalue weighted by Crippen LogP contribution is -2.17. The summed E-state index contributed by atoms with van der Waals surface area (Å²) in [4.78, 5) is 12.3. The van der Waals surface area contributed by atoms with E-state index in [4.69, 9.17) is 10.5 Å². The summed E-state index contributed by atoms with van der Waals surface area (Å²) in [7, 11) is 1.49. The number of methoxy groups -OCH3 is 1. The van der Waals surface area contributed by atoms with Gasteiger partial charge in [0.1, 0.15) is 11.6 Å². The predicted molar refractivity (Wildman–Crippen MR) is 88.4 cm³/mol. The van der Waals surface area contributed by atoms with Gasteiger partial charge in [-0.1, -0.05) is 18.2 Å². The minimum atomic E-state index is -0.322. The number of nitrogens with zero attached hydrogens (tertiary/aromatic N) is 1. The van der Waals surface area contributed by atoms with Gasteiger partial charge in [-0.3, -0.25) is 9.36 Å². The molecule has 0 amide bonds. The fraction of sp³-hybridized carbons (Fsp3) is 0.0556. The van der Waals surface area contributed by atoms with Crippen LogP contribution in [0.25, 0.3) is 16.8 Å². The SMILES string of the molecule is COc1cc(=O)n(-c2cccc(N)c2)cc1-c1ccc(F)cc1. The van der Waals surface area contributed by atoms with Crippen molar-refractivity contribution in [2.75, 3.05) is 12.8 Å². The van der Waals surface area contributed by atoms with Crippen LogP contribution in [-0.2, 0) is 0 Å². The average Bonchev–Trinajstić information content (AvgIpc) is 2.55. The number of benzene rings is 2. The summed E-state index contributed by atoms with van der Waals surface area (Å²) in [6.07, 6.45) is 1.67. The number of nitrogens with two attached hydrogens (primary N) is 1. The first kappa shape index (κ1) is 14.8. The van der Waals surface area contributed by atoms with Gasteiger partial charge in [-0.05, 0) is 35.9 Å². The highest BCUT2D eigenvalue weighted by Crippen LogP contribution is 2.29. The minimum Gasteiger partial charge on any atom is -0.496 e. The molecular formula is C18H15FN2O2. The van der Waals surface area contributed by atoms with E-state index in [2.05, 4.69) is 0 Å². The van der Waals surface area contributed by atoms with Crippen molar-refractivity contribution in [1.29, 1.82) is 0 Å². The van der Waals surface area contributed by atoms with E-state index in [1.165, 1.54) is 29.9 Å². The highest BCUT2D eigenvalue weighted by atomic mass is 19.1. The van der Waals surface area contributed by atoms with Crippen LogP contribution in [0.1, 0.15) is 0 Å². The molecule has 2 N–H and O–H groups in total. The summed E-state index contributed by atoms with van der Waals surface area (Å²) in [5.41, 5.74) is 8.21. The number of pyridine rings is 1.